The van der Waals surface area contributed by atoms with E-state index in [4.69, 9.17) is 5.73 Å². The fourth-order valence-corrected chi connectivity index (χ4v) is 6.59. The summed E-state index contributed by atoms with van der Waals surface area (Å²) in [6, 6.07) is 0. The number of hydrogen-bond donors (Lipinski definition) is 1. The number of nitrogens with two attached hydrogens (primary N) is 1. The van der Waals surface area contributed by atoms with Crippen LogP contribution in [-0.2, 0) is 0 Å². The van der Waals surface area contributed by atoms with E-state index in [1.54, 1.807) is 0 Å². The molecule has 0 saturated carbocycles. The highest BCUT2D eigenvalue weighted by Gasteiger charge is 2.33. The molecule has 0 aliphatic rings. The topological polar surface area (TPSA) is 26.0 Å². The van der Waals surface area contributed by atoms with Gasteiger partial charge in [-0.15, -0.1) is 0 Å². The van der Waals surface area contributed by atoms with Gasteiger partial charge >= 0.3 is 0 Å². The molecule has 0 aliphatic carbocycles. The maximum atomic E-state index is 7.45. The predicted octanol–water partition coefficient (Wildman–Crippen LogP) is 13.5. The van der Waals surface area contributed by atoms with Crippen LogP contribution < -0.4 is 5.73 Å². The molecule has 0 amide bonds. The molecular weight excluding hydrogens is 458 g/mol. The van der Waals surface area contributed by atoms with Gasteiger partial charge in [0.1, 0.15) is 0 Å². The van der Waals surface area contributed by atoms with Gasteiger partial charge in [0.2, 0.25) is 0 Å². The van der Waals surface area contributed by atoms with Crippen LogP contribution in [0.15, 0.2) is 0 Å². The smallest absolute Gasteiger partial charge is 0.0182 e. The number of hydrogen-bond acceptors (Lipinski definition) is 1. The standard InChI is InChI=1S/C37H77N/c1-5-9-13-17-18-19-20-21-22-23-25-29-33-36(32-28-24-14-10-6-2)37(38,34-30-26-15-11-7-3)35-31-27-16-12-8-4/h36H,5-35,38H2,1-4H3. The first-order valence-corrected chi connectivity index (χ1v) is 18.4. The molecule has 0 heterocycles. The van der Waals surface area contributed by atoms with Crippen LogP contribution in [-0.4, -0.2) is 5.54 Å². The SMILES string of the molecule is CCCCCCCCCCCCCCC(CCCCCCC)C(N)(CCCCCCC)CCCCCCC. The third-order valence-electron chi connectivity index (χ3n) is 9.37. The summed E-state index contributed by atoms with van der Waals surface area (Å²) >= 11 is 0. The van der Waals surface area contributed by atoms with E-state index in [0.717, 1.165) is 5.92 Å². The van der Waals surface area contributed by atoms with Gasteiger partial charge in [-0.25, -0.2) is 0 Å². The summed E-state index contributed by atoms with van der Waals surface area (Å²) < 4.78 is 0. The largest absolute Gasteiger partial charge is 0.325 e. The van der Waals surface area contributed by atoms with Crippen LogP contribution in [0.4, 0.5) is 0 Å². The van der Waals surface area contributed by atoms with E-state index in [1.807, 2.05) is 0 Å². The Balaban J connectivity index is 4.65. The van der Waals surface area contributed by atoms with Gasteiger partial charge in [-0.1, -0.05) is 201 Å². The zero-order valence-corrected chi connectivity index (χ0v) is 27.6. The molecule has 0 bridgehead atoms. The van der Waals surface area contributed by atoms with Crippen LogP contribution in [0, 0.1) is 5.92 Å². The van der Waals surface area contributed by atoms with Crippen molar-refractivity contribution < 1.29 is 0 Å². The second-order valence-electron chi connectivity index (χ2n) is 13.1. The zero-order valence-electron chi connectivity index (χ0n) is 27.6. The van der Waals surface area contributed by atoms with Crippen molar-refractivity contribution in [2.75, 3.05) is 0 Å². The molecule has 0 aliphatic heterocycles. The third kappa shape index (κ3) is 23.8. The zero-order chi connectivity index (χ0) is 28.0. The van der Waals surface area contributed by atoms with Gasteiger partial charge in [0, 0.05) is 5.54 Å². The Kier molecular flexibility index (Phi) is 29.9. The minimum atomic E-state index is 0.0982. The molecule has 0 aromatic carbocycles. The lowest BCUT2D eigenvalue weighted by molar-refractivity contribution is 0.189. The molecule has 0 rings (SSSR count). The molecule has 1 atom stereocenters. The first kappa shape index (κ1) is 38.0. The molecule has 2 N–H and O–H groups in total. The highest BCUT2D eigenvalue weighted by Crippen LogP contribution is 2.35. The first-order chi connectivity index (χ1) is 18.6. The summed E-state index contributed by atoms with van der Waals surface area (Å²) in [7, 11) is 0. The van der Waals surface area contributed by atoms with Crippen molar-refractivity contribution in [2.24, 2.45) is 11.7 Å². The van der Waals surface area contributed by atoms with Crippen molar-refractivity contribution in [1.29, 1.82) is 0 Å². The minimum Gasteiger partial charge on any atom is -0.325 e. The normalized spacial score (nSPS) is 12.9. The minimum absolute atomic E-state index is 0.0982. The quantitative estimate of drug-likeness (QED) is 0.0851. The van der Waals surface area contributed by atoms with Gasteiger partial charge in [-0.05, 0) is 31.6 Å². The second-order valence-corrected chi connectivity index (χ2v) is 13.1. The van der Waals surface area contributed by atoms with Gasteiger partial charge in [0.05, 0.1) is 0 Å². The highest BCUT2D eigenvalue weighted by atomic mass is 14.8. The Morgan fingerprint density at radius 1 is 0.342 bits per heavy atom. The molecule has 0 spiro atoms. The van der Waals surface area contributed by atoms with Crippen molar-refractivity contribution in [3.8, 4) is 0 Å². The van der Waals surface area contributed by atoms with Crippen LogP contribution in [0.5, 0.6) is 0 Å². The van der Waals surface area contributed by atoms with Crippen molar-refractivity contribution in [3.05, 3.63) is 0 Å². The molecular formula is C37H77N. The summed E-state index contributed by atoms with van der Waals surface area (Å²) in [4.78, 5) is 0. The molecule has 230 valence electrons. The summed E-state index contributed by atoms with van der Waals surface area (Å²) in [5, 5.41) is 0. The molecule has 1 nitrogen and oxygen atoms in total. The Labute approximate surface area is 243 Å². The summed E-state index contributed by atoms with van der Waals surface area (Å²) in [5.41, 5.74) is 7.55. The van der Waals surface area contributed by atoms with E-state index in [9.17, 15) is 0 Å². The second kappa shape index (κ2) is 29.9. The van der Waals surface area contributed by atoms with Crippen molar-refractivity contribution in [2.45, 2.75) is 232 Å². The maximum absolute atomic E-state index is 7.45. The summed E-state index contributed by atoms with van der Waals surface area (Å²) in [6.07, 6.45) is 43.5. The van der Waals surface area contributed by atoms with E-state index >= 15 is 0 Å². The molecule has 38 heavy (non-hydrogen) atoms. The molecule has 0 aromatic rings. The maximum Gasteiger partial charge on any atom is 0.0182 e. The van der Waals surface area contributed by atoms with Crippen LogP contribution in [0.3, 0.4) is 0 Å². The van der Waals surface area contributed by atoms with Crippen LogP contribution in [0.1, 0.15) is 227 Å². The average Bonchev–Trinajstić information content (AvgIpc) is 2.92. The van der Waals surface area contributed by atoms with Crippen molar-refractivity contribution in [3.63, 3.8) is 0 Å². The first-order valence-electron chi connectivity index (χ1n) is 18.4. The van der Waals surface area contributed by atoms with Crippen LogP contribution >= 0.6 is 0 Å². The Morgan fingerprint density at radius 3 is 0.868 bits per heavy atom. The summed E-state index contributed by atoms with van der Waals surface area (Å²) in [5.74, 6) is 0.754. The van der Waals surface area contributed by atoms with Crippen LogP contribution in [0.25, 0.3) is 0 Å². The van der Waals surface area contributed by atoms with Gasteiger partial charge in [-0.2, -0.15) is 0 Å². The fourth-order valence-electron chi connectivity index (χ4n) is 6.59. The predicted molar refractivity (Wildman–Crippen MR) is 176 cm³/mol. The third-order valence-corrected chi connectivity index (χ3v) is 9.37. The van der Waals surface area contributed by atoms with E-state index in [-0.39, 0.29) is 5.54 Å². The lowest BCUT2D eigenvalue weighted by atomic mass is 9.72. The highest BCUT2D eigenvalue weighted by molar-refractivity contribution is 4.91. The fraction of sp³-hybridized carbons (Fsp3) is 1.00. The Morgan fingerprint density at radius 2 is 0.579 bits per heavy atom. The van der Waals surface area contributed by atoms with E-state index in [2.05, 4.69) is 27.7 Å². The van der Waals surface area contributed by atoms with Gasteiger partial charge in [-0.3, -0.25) is 0 Å². The Hall–Kier alpha value is -0.0400. The lowest BCUT2D eigenvalue weighted by Gasteiger charge is -2.39. The van der Waals surface area contributed by atoms with Gasteiger partial charge in [0.15, 0.2) is 0 Å². The molecule has 0 fully saturated rings. The monoisotopic (exact) mass is 536 g/mol. The van der Waals surface area contributed by atoms with Crippen molar-refractivity contribution in [1.82, 2.24) is 0 Å². The number of rotatable bonds is 32. The van der Waals surface area contributed by atoms with Gasteiger partial charge in [0.25, 0.3) is 0 Å². The Bertz CT molecular complexity index is 416. The van der Waals surface area contributed by atoms with E-state index in [1.165, 1.54) is 199 Å². The molecule has 1 heteroatoms. The number of unbranched alkanes of at least 4 members (excludes halogenated alkanes) is 23. The molecule has 0 radical (unpaired) electrons. The van der Waals surface area contributed by atoms with Gasteiger partial charge < -0.3 is 5.73 Å². The molecule has 0 saturated heterocycles. The van der Waals surface area contributed by atoms with Crippen molar-refractivity contribution >= 4 is 0 Å². The van der Waals surface area contributed by atoms with E-state index in [0.29, 0.717) is 0 Å². The average molecular weight is 536 g/mol. The molecule has 0 aromatic heterocycles. The lowest BCUT2D eigenvalue weighted by Crippen LogP contribution is -2.47. The van der Waals surface area contributed by atoms with Crippen LogP contribution in [0.2, 0.25) is 0 Å². The molecule has 1 unspecified atom stereocenters. The van der Waals surface area contributed by atoms with E-state index < -0.39 is 0 Å². The summed E-state index contributed by atoms with van der Waals surface area (Å²) in [6.45, 7) is 9.30.